The van der Waals surface area contributed by atoms with E-state index in [1.54, 1.807) is 0 Å². The topological polar surface area (TPSA) is 52.3 Å². The van der Waals surface area contributed by atoms with E-state index in [0.717, 1.165) is 0 Å². The van der Waals surface area contributed by atoms with E-state index < -0.39 is 0 Å². The third-order valence-corrected chi connectivity index (χ3v) is 1.49. The lowest BCUT2D eigenvalue weighted by Gasteiger charge is -2.28. The Bertz CT molecular complexity index is 138. The van der Waals surface area contributed by atoms with Gasteiger partial charge in [-0.25, -0.2) is 0 Å². The Morgan fingerprint density at radius 2 is 2.00 bits per heavy atom. The van der Waals surface area contributed by atoms with Gasteiger partial charge in [0.15, 0.2) is 0 Å². The molecular formula is C8H17NO2. The van der Waals surface area contributed by atoms with Gasteiger partial charge in [0.25, 0.3) is 0 Å². The van der Waals surface area contributed by atoms with Crippen molar-refractivity contribution in [2.24, 2.45) is 11.1 Å². The molecule has 0 radical (unpaired) electrons. The first kappa shape index (κ1) is 10.4. The van der Waals surface area contributed by atoms with Crippen molar-refractivity contribution in [1.82, 2.24) is 0 Å². The number of hydrogen-bond donors (Lipinski definition) is 1. The van der Waals surface area contributed by atoms with E-state index >= 15 is 0 Å². The van der Waals surface area contributed by atoms with Crippen LogP contribution in [0.5, 0.6) is 0 Å². The van der Waals surface area contributed by atoms with Gasteiger partial charge in [-0.1, -0.05) is 20.8 Å². The Kier molecular flexibility index (Phi) is 3.52. The summed E-state index contributed by atoms with van der Waals surface area (Å²) in [5.41, 5.74) is 5.36. The second-order valence-corrected chi connectivity index (χ2v) is 3.70. The standard InChI is InChI=1S/C8H17NO2/c1-6(10)11-7(5-9)8(2,3)4/h7H,5,9H2,1-4H3. The minimum absolute atomic E-state index is 0.0690. The van der Waals surface area contributed by atoms with E-state index in [1.165, 1.54) is 6.92 Å². The molecule has 0 rings (SSSR count). The summed E-state index contributed by atoms with van der Waals surface area (Å²) in [6.45, 7) is 7.76. The van der Waals surface area contributed by atoms with Crippen LogP contribution in [0.3, 0.4) is 0 Å². The molecule has 0 fully saturated rings. The minimum Gasteiger partial charge on any atom is -0.461 e. The summed E-state index contributed by atoms with van der Waals surface area (Å²) in [6.07, 6.45) is -0.181. The largest absolute Gasteiger partial charge is 0.461 e. The average molecular weight is 159 g/mol. The van der Waals surface area contributed by atoms with Crippen LogP contribution in [0.2, 0.25) is 0 Å². The van der Waals surface area contributed by atoms with Crippen LogP contribution in [0.25, 0.3) is 0 Å². The number of carbonyl (C=O) groups is 1. The van der Waals surface area contributed by atoms with Gasteiger partial charge in [-0.05, 0) is 0 Å². The molecule has 0 amide bonds. The lowest BCUT2D eigenvalue weighted by molar-refractivity contribution is -0.151. The Hall–Kier alpha value is -0.570. The molecule has 0 heterocycles. The summed E-state index contributed by atoms with van der Waals surface area (Å²) in [5.74, 6) is -0.268. The molecule has 0 aromatic rings. The van der Waals surface area contributed by atoms with Crippen molar-refractivity contribution in [1.29, 1.82) is 0 Å². The van der Waals surface area contributed by atoms with Crippen molar-refractivity contribution in [3.63, 3.8) is 0 Å². The quantitative estimate of drug-likeness (QED) is 0.610. The molecule has 0 bridgehead atoms. The third-order valence-electron chi connectivity index (χ3n) is 1.49. The molecule has 2 N–H and O–H groups in total. The molecule has 1 unspecified atom stereocenters. The van der Waals surface area contributed by atoms with Gasteiger partial charge in [0.1, 0.15) is 6.10 Å². The molecule has 0 aliphatic rings. The van der Waals surface area contributed by atoms with Crippen LogP contribution in [-0.2, 0) is 9.53 Å². The van der Waals surface area contributed by atoms with Crippen LogP contribution in [0, 0.1) is 5.41 Å². The lowest BCUT2D eigenvalue weighted by Crippen LogP contribution is -2.37. The normalized spacial score (nSPS) is 14.3. The zero-order valence-corrected chi connectivity index (χ0v) is 7.68. The highest BCUT2D eigenvalue weighted by Crippen LogP contribution is 2.21. The summed E-state index contributed by atoms with van der Waals surface area (Å²) in [5, 5.41) is 0. The fourth-order valence-corrected chi connectivity index (χ4v) is 0.779. The first-order valence-corrected chi connectivity index (χ1v) is 3.75. The zero-order chi connectivity index (χ0) is 9.07. The van der Waals surface area contributed by atoms with Crippen molar-refractivity contribution in [3.8, 4) is 0 Å². The molecule has 0 aliphatic carbocycles. The Morgan fingerprint density at radius 3 is 2.09 bits per heavy atom. The highest BCUT2D eigenvalue weighted by atomic mass is 16.5. The lowest BCUT2D eigenvalue weighted by atomic mass is 9.89. The third kappa shape index (κ3) is 3.98. The molecule has 66 valence electrons. The molecule has 0 saturated heterocycles. The molecular weight excluding hydrogens is 142 g/mol. The Balaban J connectivity index is 4.07. The summed E-state index contributed by atoms with van der Waals surface area (Å²) in [4.78, 5) is 10.6. The minimum atomic E-state index is -0.268. The smallest absolute Gasteiger partial charge is 0.302 e. The number of hydrogen-bond acceptors (Lipinski definition) is 3. The number of nitrogens with two attached hydrogens (primary N) is 1. The molecule has 0 aromatic heterocycles. The van der Waals surface area contributed by atoms with Crippen molar-refractivity contribution in [2.75, 3.05) is 6.54 Å². The number of rotatable bonds is 2. The number of carbonyl (C=O) groups excluding carboxylic acids is 1. The van der Waals surface area contributed by atoms with Crippen molar-refractivity contribution < 1.29 is 9.53 Å². The fraction of sp³-hybridized carbons (Fsp3) is 0.875. The maximum absolute atomic E-state index is 10.6. The second-order valence-electron chi connectivity index (χ2n) is 3.70. The second kappa shape index (κ2) is 3.72. The van der Waals surface area contributed by atoms with E-state index in [-0.39, 0.29) is 17.5 Å². The van der Waals surface area contributed by atoms with Gasteiger partial charge in [0.2, 0.25) is 0 Å². The zero-order valence-electron chi connectivity index (χ0n) is 7.68. The van der Waals surface area contributed by atoms with Gasteiger partial charge in [-0.15, -0.1) is 0 Å². The molecule has 0 saturated carbocycles. The average Bonchev–Trinajstić information content (AvgIpc) is 1.79. The van der Waals surface area contributed by atoms with E-state index in [0.29, 0.717) is 6.54 Å². The Morgan fingerprint density at radius 1 is 1.55 bits per heavy atom. The van der Waals surface area contributed by atoms with Crippen LogP contribution in [0.15, 0.2) is 0 Å². The molecule has 1 atom stereocenters. The predicted molar refractivity (Wildman–Crippen MR) is 44.1 cm³/mol. The summed E-state index contributed by atoms with van der Waals surface area (Å²) >= 11 is 0. The van der Waals surface area contributed by atoms with Crippen LogP contribution >= 0.6 is 0 Å². The highest BCUT2D eigenvalue weighted by molar-refractivity contribution is 5.66. The summed E-state index contributed by atoms with van der Waals surface area (Å²) < 4.78 is 5.00. The molecule has 3 nitrogen and oxygen atoms in total. The van der Waals surface area contributed by atoms with Gasteiger partial charge in [-0.2, -0.15) is 0 Å². The van der Waals surface area contributed by atoms with E-state index in [9.17, 15) is 4.79 Å². The summed E-state index contributed by atoms with van der Waals surface area (Å²) in [6, 6.07) is 0. The SMILES string of the molecule is CC(=O)OC(CN)C(C)(C)C. The van der Waals surface area contributed by atoms with Crippen LogP contribution < -0.4 is 5.73 Å². The first-order chi connectivity index (χ1) is 4.88. The molecule has 0 aromatic carbocycles. The summed E-state index contributed by atoms with van der Waals surface area (Å²) in [7, 11) is 0. The van der Waals surface area contributed by atoms with E-state index in [4.69, 9.17) is 10.5 Å². The van der Waals surface area contributed by atoms with Crippen molar-refractivity contribution in [2.45, 2.75) is 33.8 Å². The fourth-order valence-electron chi connectivity index (χ4n) is 0.779. The maximum atomic E-state index is 10.6. The molecule has 0 spiro atoms. The van der Waals surface area contributed by atoms with Crippen LogP contribution in [0.4, 0.5) is 0 Å². The number of ether oxygens (including phenoxy) is 1. The maximum Gasteiger partial charge on any atom is 0.302 e. The highest BCUT2D eigenvalue weighted by Gasteiger charge is 2.25. The van der Waals surface area contributed by atoms with Gasteiger partial charge in [-0.3, -0.25) is 4.79 Å². The number of esters is 1. The molecule has 11 heavy (non-hydrogen) atoms. The monoisotopic (exact) mass is 159 g/mol. The van der Waals surface area contributed by atoms with Gasteiger partial charge < -0.3 is 10.5 Å². The van der Waals surface area contributed by atoms with E-state index in [2.05, 4.69) is 0 Å². The molecule has 3 heteroatoms. The van der Waals surface area contributed by atoms with Crippen molar-refractivity contribution in [3.05, 3.63) is 0 Å². The van der Waals surface area contributed by atoms with Crippen LogP contribution in [0.1, 0.15) is 27.7 Å². The van der Waals surface area contributed by atoms with Gasteiger partial charge >= 0.3 is 5.97 Å². The first-order valence-electron chi connectivity index (χ1n) is 3.75. The van der Waals surface area contributed by atoms with E-state index in [1.807, 2.05) is 20.8 Å². The van der Waals surface area contributed by atoms with Gasteiger partial charge in [0, 0.05) is 18.9 Å². The van der Waals surface area contributed by atoms with Crippen LogP contribution in [-0.4, -0.2) is 18.6 Å². The predicted octanol–water partition coefficient (Wildman–Crippen LogP) is 0.923. The van der Waals surface area contributed by atoms with Gasteiger partial charge in [0.05, 0.1) is 0 Å². The van der Waals surface area contributed by atoms with Crippen molar-refractivity contribution >= 4 is 5.97 Å². The molecule has 0 aliphatic heterocycles. The Labute approximate surface area is 67.9 Å².